The highest BCUT2D eigenvalue weighted by molar-refractivity contribution is 7.10. The number of phenols is 1. The standard InChI is InChI=1S/C24H22ClN3O5S/c1-13(2)21-20(34-12-27-21)10-19(24(32)33)28-23(31)17-7-6-15(9-18(17)25)22(30)26-11-14-4-3-5-16(29)8-14/h3-10,12-13,29H,11H2,1-2H3,(H,26,30)(H,28,31)(H,32,33)/b19-10-. The second-order valence-electron chi connectivity index (χ2n) is 7.62. The average Bonchev–Trinajstić information content (AvgIpc) is 3.25. The zero-order chi connectivity index (χ0) is 24.8. The molecule has 1 aromatic heterocycles. The van der Waals surface area contributed by atoms with Crippen molar-refractivity contribution < 1.29 is 24.6 Å². The number of amides is 2. The summed E-state index contributed by atoms with van der Waals surface area (Å²) in [7, 11) is 0. The Kier molecular flexibility index (Phi) is 8.04. The minimum atomic E-state index is -1.31. The van der Waals surface area contributed by atoms with E-state index in [1.54, 1.807) is 17.6 Å². The largest absolute Gasteiger partial charge is 0.508 e. The van der Waals surface area contributed by atoms with E-state index in [1.165, 1.54) is 47.7 Å². The smallest absolute Gasteiger partial charge is 0.352 e. The topological polar surface area (TPSA) is 129 Å². The lowest BCUT2D eigenvalue weighted by Crippen LogP contribution is -2.28. The van der Waals surface area contributed by atoms with Crippen LogP contribution in [0.4, 0.5) is 0 Å². The van der Waals surface area contributed by atoms with Crippen molar-refractivity contribution >= 4 is 46.8 Å². The molecule has 3 rings (SSSR count). The van der Waals surface area contributed by atoms with Crippen molar-refractivity contribution in [1.29, 1.82) is 0 Å². The summed E-state index contributed by atoms with van der Waals surface area (Å²) in [5.41, 5.74) is 2.99. The maximum absolute atomic E-state index is 12.7. The van der Waals surface area contributed by atoms with E-state index in [-0.39, 0.29) is 40.1 Å². The molecular weight excluding hydrogens is 478 g/mol. The maximum Gasteiger partial charge on any atom is 0.352 e. The molecule has 34 heavy (non-hydrogen) atoms. The highest BCUT2D eigenvalue weighted by Gasteiger charge is 2.19. The molecular formula is C24H22ClN3O5S. The number of carbonyl (C=O) groups is 3. The molecule has 2 aromatic carbocycles. The number of phenolic OH excluding ortho intramolecular Hbond substituents is 1. The fraction of sp³-hybridized carbons (Fsp3) is 0.167. The third-order valence-electron chi connectivity index (χ3n) is 4.76. The molecule has 176 valence electrons. The van der Waals surface area contributed by atoms with Gasteiger partial charge in [-0.2, -0.15) is 0 Å². The third kappa shape index (κ3) is 6.21. The van der Waals surface area contributed by atoms with Crippen LogP contribution in [0.5, 0.6) is 5.75 Å². The highest BCUT2D eigenvalue weighted by Crippen LogP contribution is 2.24. The van der Waals surface area contributed by atoms with Gasteiger partial charge in [-0.05, 0) is 47.9 Å². The lowest BCUT2D eigenvalue weighted by molar-refractivity contribution is -0.132. The number of carbonyl (C=O) groups excluding carboxylic acids is 2. The molecule has 1 heterocycles. The number of aliphatic carboxylic acids is 1. The van der Waals surface area contributed by atoms with E-state index < -0.39 is 17.8 Å². The molecule has 0 saturated carbocycles. The molecule has 0 aliphatic heterocycles. The molecule has 0 bridgehead atoms. The Morgan fingerprint density at radius 1 is 1.15 bits per heavy atom. The summed E-state index contributed by atoms with van der Waals surface area (Å²) in [5.74, 6) is -2.27. The summed E-state index contributed by atoms with van der Waals surface area (Å²) in [4.78, 5) is 41.7. The van der Waals surface area contributed by atoms with Crippen LogP contribution in [-0.4, -0.2) is 33.0 Å². The Morgan fingerprint density at radius 2 is 1.91 bits per heavy atom. The van der Waals surface area contributed by atoms with Crippen LogP contribution in [0.25, 0.3) is 6.08 Å². The number of halogens is 1. The minimum absolute atomic E-state index is 0.00657. The minimum Gasteiger partial charge on any atom is -0.508 e. The van der Waals surface area contributed by atoms with Gasteiger partial charge in [0.25, 0.3) is 11.8 Å². The van der Waals surface area contributed by atoms with Gasteiger partial charge in [-0.1, -0.05) is 37.6 Å². The van der Waals surface area contributed by atoms with Gasteiger partial charge in [-0.25, -0.2) is 9.78 Å². The van der Waals surface area contributed by atoms with Gasteiger partial charge < -0.3 is 20.8 Å². The SMILES string of the molecule is CC(C)c1ncsc1/C=C(\NC(=O)c1ccc(C(=O)NCc2cccc(O)c2)cc1Cl)C(=O)O. The van der Waals surface area contributed by atoms with Gasteiger partial charge in [0.2, 0.25) is 0 Å². The maximum atomic E-state index is 12.7. The summed E-state index contributed by atoms with van der Waals surface area (Å²) in [6, 6.07) is 10.6. The average molecular weight is 500 g/mol. The quantitative estimate of drug-likeness (QED) is 0.340. The lowest BCUT2D eigenvalue weighted by atomic mass is 10.1. The zero-order valence-electron chi connectivity index (χ0n) is 18.3. The van der Waals surface area contributed by atoms with E-state index in [2.05, 4.69) is 15.6 Å². The van der Waals surface area contributed by atoms with Gasteiger partial charge in [-0.3, -0.25) is 9.59 Å². The molecule has 8 nitrogen and oxygen atoms in total. The molecule has 0 radical (unpaired) electrons. The van der Waals surface area contributed by atoms with Gasteiger partial charge in [0, 0.05) is 12.1 Å². The fourth-order valence-corrected chi connectivity index (χ4v) is 4.21. The highest BCUT2D eigenvalue weighted by atomic mass is 35.5. The van der Waals surface area contributed by atoms with E-state index in [0.29, 0.717) is 10.4 Å². The number of aromatic hydroxyl groups is 1. The van der Waals surface area contributed by atoms with Crippen molar-refractivity contribution in [3.8, 4) is 5.75 Å². The van der Waals surface area contributed by atoms with E-state index in [9.17, 15) is 24.6 Å². The molecule has 2 amide bonds. The second-order valence-corrected chi connectivity index (χ2v) is 8.91. The number of nitrogens with zero attached hydrogens (tertiary/aromatic N) is 1. The lowest BCUT2D eigenvalue weighted by Gasteiger charge is -2.10. The summed E-state index contributed by atoms with van der Waals surface area (Å²) in [6.45, 7) is 4.06. The summed E-state index contributed by atoms with van der Waals surface area (Å²) < 4.78 is 0. The normalized spacial score (nSPS) is 11.4. The number of hydrogen-bond acceptors (Lipinski definition) is 6. The Balaban J connectivity index is 1.73. The number of aromatic nitrogens is 1. The Labute approximate surface area is 204 Å². The van der Waals surface area contributed by atoms with E-state index in [1.807, 2.05) is 13.8 Å². The number of rotatable bonds is 8. The molecule has 0 unspecified atom stereocenters. The van der Waals surface area contributed by atoms with Crippen molar-refractivity contribution in [1.82, 2.24) is 15.6 Å². The summed E-state index contributed by atoms with van der Waals surface area (Å²) in [6.07, 6.45) is 1.37. The van der Waals surface area contributed by atoms with Crippen molar-refractivity contribution in [2.75, 3.05) is 0 Å². The Hall–Kier alpha value is -3.69. The molecule has 0 spiro atoms. The first-order chi connectivity index (χ1) is 16.2. The van der Waals surface area contributed by atoms with Crippen molar-refractivity contribution in [3.05, 3.63) is 86.0 Å². The molecule has 0 aliphatic carbocycles. The number of benzene rings is 2. The van der Waals surface area contributed by atoms with E-state index >= 15 is 0 Å². The van der Waals surface area contributed by atoms with Gasteiger partial charge in [-0.15, -0.1) is 11.3 Å². The van der Waals surface area contributed by atoms with Crippen LogP contribution in [-0.2, 0) is 11.3 Å². The molecule has 10 heteroatoms. The van der Waals surface area contributed by atoms with E-state index in [4.69, 9.17) is 11.6 Å². The van der Waals surface area contributed by atoms with E-state index in [0.717, 1.165) is 5.69 Å². The number of carboxylic acid groups (broad SMARTS) is 1. The fourth-order valence-electron chi connectivity index (χ4n) is 3.07. The van der Waals surface area contributed by atoms with Crippen LogP contribution in [0.2, 0.25) is 5.02 Å². The van der Waals surface area contributed by atoms with Crippen LogP contribution >= 0.6 is 22.9 Å². The van der Waals surface area contributed by atoms with Gasteiger partial charge in [0.05, 0.1) is 26.7 Å². The van der Waals surface area contributed by atoms with Crippen LogP contribution in [0, 0.1) is 0 Å². The van der Waals surface area contributed by atoms with Crippen LogP contribution in [0.3, 0.4) is 0 Å². The molecule has 0 saturated heterocycles. The monoisotopic (exact) mass is 499 g/mol. The Bertz CT molecular complexity index is 1270. The predicted molar refractivity (Wildman–Crippen MR) is 130 cm³/mol. The molecule has 3 aromatic rings. The van der Waals surface area contributed by atoms with Crippen molar-refractivity contribution in [3.63, 3.8) is 0 Å². The van der Waals surface area contributed by atoms with Gasteiger partial charge >= 0.3 is 5.97 Å². The first-order valence-corrected chi connectivity index (χ1v) is 11.5. The van der Waals surface area contributed by atoms with Crippen LogP contribution in [0.1, 0.15) is 56.6 Å². The molecule has 4 N–H and O–H groups in total. The molecule has 0 atom stereocenters. The number of hydrogen-bond donors (Lipinski definition) is 4. The summed E-state index contributed by atoms with van der Waals surface area (Å²) >= 11 is 7.50. The third-order valence-corrected chi connectivity index (χ3v) is 5.87. The van der Waals surface area contributed by atoms with Crippen LogP contribution in [0.15, 0.2) is 53.7 Å². The number of thiazole rings is 1. The van der Waals surface area contributed by atoms with Crippen molar-refractivity contribution in [2.24, 2.45) is 0 Å². The number of nitrogens with one attached hydrogen (secondary N) is 2. The molecule has 0 fully saturated rings. The molecule has 0 aliphatic rings. The van der Waals surface area contributed by atoms with Gasteiger partial charge in [0.1, 0.15) is 11.4 Å². The Morgan fingerprint density at radius 3 is 2.56 bits per heavy atom. The predicted octanol–water partition coefficient (Wildman–Crippen LogP) is 4.41. The number of carboxylic acids is 1. The summed E-state index contributed by atoms with van der Waals surface area (Å²) in [5, 5.41) is 24.1. The van der Waals surface area contributed by atoms with Crippen LogP contribution < -0.4 is 10.6 Å². The van der Waals surface area contributed by atoms with Crippen molar-refractivity contribution in [2.45, 2.75) is 26.3 Å². The second kappa shape index (κ2) is 11.0. The zero-order valence-corrected chi connectivity index (χ0v) is 19.9. The first kappa shape index (κ1) is 24.9. The van der Waals surface area contributed by atoms with Gasteiger partial charge in [0.15, 0.2) is 0 Å². The first-order valence-electron chi connectivity index (χ1n) is 10.2.